The van der Waals surface area contributed by atoms with Crippen LogP contribution in [0.4, 0.5) is 0 Å². The Balaban J connectivity index is 0.00000107. The van der Waals surface area contributed by atoms with E-state index in [9.17, 15) is 0 Å². The maximum absolute atomic E-state index is 4.43. The average Bonchev–Trinajstić information content (AvgIpc) is 2.84. The first-order chi connectivity index (χ1) is 16.2. The fourth-order valence-corrected chi connectivity index (χ4v) is 5.69. The number of piperidine rings is 1. The smallest absolute Gasteiger partial charge is 0.0305 e. The van der Waals surface area contributed by atoms with Crippen LogP contribution in [-0.4, -0.2) is 34.4 Å². The molecule has 194 valence electrons. The summed E-state index contributed by atoms with van der Waals surface area (Å²) in [5, 5.41) is 0. The van der Waals surface area contributed by atoms with Gasteiger partial charge in [0, 0.05) is 35.8 Å². The first-order valence-corrected chi connectivity index (χ1v) is 14.7. The van der Waals surface area contributed by atoms with Crippen LogP contribution < -0.4 is 0 Å². The zero-order chi connectivity index (χ0) is 25.7. The van der Waals surface area contributed by atoms with Crippen LogP contribution in [0.25, 0.3) is 6.08 Å². The van der Waals surface area contributed by atoms with E-state index in [0.717, 1.165) is 19.5 Å². The van der Waals surface area contributed by atoms with Crippen molar-refractivity contribution in [2.45, 2.75) is 124 Å². The molecule has 0 atom stereocenters. The van der Waals surface area contributed by atoms with Crippen LogP contribution in [0.1, 0.15) is 112 Å². The third-order valence-corrected chi connectivity index (χ3v) is 8.13. The highest BCUT2D eigenvalue weighted by atomic mass is 32.2. The van der Waals surface area contributed by atoms with Crippen LogP contribution in [0.3, 0.4) is 0 Å². The Labute approximate surface area is 217 Å². The summed E-state index contributed by atoms with van der Waals surface area (Å²) < 4.78 is 2.66. The molecule has 0 radical (unpaired) electrons. The van der Waals surface area contributed by atoms with Gasteiger partial charge < -0.3 is 4.90 Å². The molecule has 1 heterocycles. The Morgan fingerprint density at radius 2 is 1.76 bits per heavy atom. The molecule has 0 spiro atoms. The molecule has 1 aliphatic carbocycles. The van der Waals surface area contributed by atoms with Crippen LogP contribution >= 0.6 is 11.9 Å². The van der Waals surface area contributed by atoms with Gasteiger partial charge in [-0.3, -0.25) is 0 Å². The van der Waals surface area contributed by atoms with Crippen molar-refractivity contribution in [3.05, 3.63) is 47.7 Å². The van der Waals surface area contributed by atoms with Crippen molar-refractivity contribution in [2.75, 3.05) is 13.1 Å². The van der Waals surface area contributed by atoms with Crippen molar-refractivity contribution >= 4 is 18.0 Å². The zero-order valence-electron chi connectivity index (χ0n) is 23.9. The Kier molecular flexibility index (Phi) is 14.3. The van der Waals surface area contributed by atoms with E-state index in [4.69, 9.17) is 0 Å². The van der Waals surface area contributed by atoms with E-state index in [2.05, 4.69) is 94.6 Å². The summed E-state index contributed by atoms with van der Waals surface area (Å²) >= 11 is 1.98. The van der Waals surface area contributed by atoms with Crippen molar-refractivity contribution in [1.29, 1.82) is 0 Å². The van der Waals surface area contributed by atoms with Gasteiger partial charge in [0.1, 0.15) is 0 Å². The minimum Gasteiger partial charge on any atom is -0.375 e. The topological polar surface area (TPSA) is 6.48 Å². The minimum atomic E-state index is 0.355. The zero-order valence-corrected chi connectivity index (χ0v) is 24.7. The van der Waals surface area contributed by atoms with Gasteiger partial charge in [-0.05, 0) is 80.5 Å². The van der Waals surface area contributed by atoms with Crippen molar-refractivity contribution in [3.8, 4) is 0 Å². The number of benzene rings is 1. The highest BCUT2D eigenvalue weighted by molar-refractivity contribution is 7.97. The number of likely N-dealkylation sites (tertiary alicyclic amines) is 1. The van der Waals surface area contributed by atoms with Crippen LogP contribution in [0.2, 0.25) is 0 Å². The Hall–Kier alpha value is -1.19. The van der Waals surface area contributed by atoms with E-state index in [1.54, 1.807) is 0 Å². The van der Waals surface area contributed by atoms with Gasteiger partial charge in [-0.1, -0.05) is 92.2 Å². The summed E-state index contributed by atoms with van der Waals surface area (Å²) in [6.45, 7) is 26.6. The number of hydrogen-bond acceptors (Lipinski definition) is 3. The predicted octanol–water partition coefficient (Wildman–Crippen LogP) is 9.61. The van der Waals surface area contributed by atoms with Crippen molar-refractivity contribution < 1.29 is 0 Å². The normalized spacial score (nSPS) is 15.9. The van der Waals surface area contributed by atoms with Crippen molar-refractivity contribution in [3.63, 3.8) is 0 Å². The molecular formula is C31H54N2S. The Bertz CT molecular complexity index is 742. The third-order valence-electron chi connectivity index (χ3n) is 6.65. The molecule has 3 rings (SSSR count). The molecule has 0 bridgehead atoms. The van der Waals surface area contributed by atoms with Gasteiger partial charge in [-0.2, -0.15) is 0 Å². The Morgan fingerprint density at radius 1 is 1.15 bits per heavy atom. The number of nitrogens with zero attached hydrogens (tertiary/aromatic N) is 2. The number of aryl methyl sites for hydroxylation is 1. The number of fused-ring (bicyclic) bond motifs is 1. The molecule has 1 saturated heterocycles. The van der Waals surface area contributed by atoms with Gasteiger partial charge in [0.25, 0.3) is 0 Å². The third kappa shape index (κ3) is 9.46. The van der Waals surface area contributed by atoms with Gasteiger partial charge in [0.15, 0.2) is 0 Å². The molecule has 1 fully saturated rings. The highest BCUT2D eigenvalue weighted by Gasteiger charge is 2.29. The fourth-order valence-electron chi connectivity index (χ4n) is 4.46. The minimum absolute atomic E-state index is 0.355. The molecule has 0 aromatic heterocycles. The number of allylic oxidation sites excluding steroid dienone is 2. The molecule has 0 unspecified atom stereocenters. The molecule has 1 aromatic carbocycles. The summed E-state index contributed by atoms with van der Waals surface area (Å²) in [4.78, 5) is 3.97. The molecule has 2 aliphatic rings. The monoisotopic (exact) mass is 486 g/mol. The summed E-state index contributed by atoms with van der Waals surface area (Å²) in [6.07, 6.45) is 13.0. The second-order valence-corrected chi connectivity index (χ2v) is 11.5. The van der Waals surface area contributed by atoms with Gasteiger partial charge >= 0.3 is 0 Å². The summed E-state index contributed by atoms with van der Waals surface area (Å²) in [5.74, 6) is 0. The molecular weight excluding hydrogens is 432 g/mol. The maximum Gasteiger partial charge on any atom is 0.0305 e. The van der Waals surface area contributed by atoms with Gasteiger partial charge in [0.2, 0.25) is 0 Å². The van der Waals surface area contributed by atoms with Gasteiger partial charge in [-0.25, -0.2) is 4.31 Å². The highest BCUT2D eigenvalue weighted by Crippen LogP contribution is 2.37. The van der Waals surface area contributed by atoms with Gasteiger partial charge in [-0.15, -0.1) is 0 Å². The van der Waals surface area contributed by atoms with Crippen LogP contribution in [0, 0.1) is 5.41 Å². The lowest BCUT2D eigenvalue weighted by atomic mass is 9.85. The quantitative estimate of drug-likeness (QED) is 0.338. The van der Waals surface area contributed by atoms with E-state index in [0.29, 0.717) is 17.5 Å². The SMILES string of the molecule is C=C(CC(C)(C)CC)N1CCC(N(Sc2cccc3c2C=CCC3)C(C)C)CC1.CC.CCC. The summed E-state index contributed by atoms with van der Waals surface area (Å²) in [6, 6.07) is 8.00. The fraction of sp³-hybridized carbons (Fsp3) is 0.677. The maximum atomic E-state index is 4.43. The van der Waals surface area contributed by atoms with Crippen molar-refractivity contribution in [1.82, 2.24) is 9.21 Å². The molecule has 3 heteroatoms. The van der Waals surface area contributed by atoms with E-state index in [1.807, 2.05) is 25.8 Å². The lowest BCUT2D eigenvalue weighted by molar-refractivity contribution is 0.167. The average molecular weight is 487 g/mol. The van der Waals surface area contributed by atoms with E-state index in [-0.39, 0.29) is 0 Å². The largest absolute Gasteiger partial charge is 0.375 e. The molecule has 0 saturated carbocycles. The summed E-state index contributed by atoms with van der Waals surface area (Å²) in [5.41, 5.74) is 4.64. The summed E-state index contributed by atoms with van der Waals surface area (Å²) in [7, 11) is 0. The second kappa shape index (κ2) is 15.7. The molecule has 34 heavy (non-hydrogen) atoms. The number of hydrogen-bond donors (Lipinski definition) is 0. The van der Waals surface area contributed by atoms with Gasteiger partial charge in [0.05, 0.1) is 0 Å². The molecule has 0 amide bonds. The molecule has 0 N–H and O–H groups in total. The standard InChI is InChI=1S/C26H40N2S.C3H8.C2H6/c1-7-26(5,6)19-21(4)27-17-15-23(16-18-27)28(20(2)3)29-25-14-10-12-22-11-8-9-13-24(22)25;1-3-2;1-2/h9-10,12-14,20,23H,4,7-8,11,15-19H2,1-3,5-6H3;3H2,1-2H3;1-2H3. The first kappa shape index (κ1) is 30.8. The second-order valence-electron chi connectivity index (χ2n) is 10.5. The van der Waals surface area contributed by atoms with Crippen molar-refractivity contribution in [2.24, 2.45) is 5.41 Å². The first-order valence-electron chi connectivity index (χ1n) is 13.9. The van der Waals surface area contributed by atoms with E-state index >= 15 is 0 Å². The van der Waals surface area contributed by atoms with Crippen LogP contribution in [0.15, 0.2) is 41.4 Å². The van der Waals surface area contributed by atoms with Crippen LogP contribution in [-0.2, 0) is 6.42 Å². The lowest BCUT2D eigenvalue weighted by Gasteiger charge is -2.42. The number of rotatable bonds is 8. The molecule has 1 aliphatic heterocycles. The van der Waals surface area contributed by atoms with Crippen LogP contribution in [0.5, 0.6) is 0 Å². The molecule has 1 aromatic rings. The predicted molar refractivity (Wildman–Crippen MR) is 156 cm³/mol. The van der Waals surface area contributed by atoms with E-state index in [1.165, 1.54) is 60.2 Å². The lowest BCUT2D eigenvalue weighted by Crippen LogP contribution is -2.44. The van der Waals surface area contributed by atoms with E-state index < -0.39 is 0 Å². The molecule has 2 nitrogen and oxygen atoms in total. The Morgan fingerprint density at radius 3 is 2.32 bits per heavy atom.